The van der Waals surface area contributed by atoms with Gasteiger partial charge >= 0.3 is 0 Å². The first-order chi connectivity index (χ1) is 7.72. The number of nitrogens with zero attached hydrogens (tertiary/aromatic N) is 1. The van der Waals surface area contributed by atoms with Gasteiger partial charge in [0.15, 0.2) is 6.29 Å². The highest BCUT2D eigenvalue weighted by molar-refractivity contribution is 7.99. The largest absolute Gasteiger partial charge is 0.347 e. The van der Waals surface area contributed by atoms with Gasteiger partial charge < -0.3 is 4.57 Å². The van der Waals surface area contributed by atoms with Gasteiger partial charge in [-0.25, -0.2) is 0 Å². The third-order valence-corrected chi connectivity index (χ3v) is 4.78. The normalized spacial score (nSPS) is 21.0. The van der Waals surface area contributed by atoms with E-state index >= 15 is 0 Å². The van der Waals surface area contributed by atoms with Crippen molar-refractivity contribution in [2.45, 2.75) is 44.9 Å². The van der Waals surface area contributed by atoms with Crippen molar-refractivity contribution in [1.29, 1.82) is 0 Å². The lowest BCUT2D eigenvalue weighted by Gasteiger charge is -2.23. The van der Waals surface area contributed by atoms with Gasteiger partial charge in [-0.05, 0) is 38.5 Å². The zero-order valence-corrected chi connectivity index (χ0v) is 10.8. The summed E-state index contributed by atoms with van der Waals surface area (Å²) in [6, 6.07) is 2.00. The molecule has 0 bridgehead atoms. The smallest absolute Gasteiger partial charge is 0.151 e. The molecule has 0 aromatic carbocycles. The topological polar surface area (TPSA) is 22.0 Å². The standard InChI is InChI=1S/C13H19NOS/c1-10-7-12(9-15)11(2)14(10)8-13-5-3-4-6-16-13/h7,9,13H,3-6,8H2,1-2H3. The van der Waals surface area contributed by atoms with Crippen LogP contribution in [0.5, 0.6) is 0 Å². The molecule has 1 aliphatic rings. The van der Waals surface area contributed by atoms with Crippen LogP contribution in [0, 0.1) is 13.8 Å². The fourth-order valence-corrected chi connectivity index (χ4v) is 3.67. The summed E-state index contributed by atoms with van der Waals surface area (Å²) in [7, 11) is 0. The number of thioether (sulfide) groups is 1. The van der Waals surface area contributed by atoms with Crippen molar-refractivity contribution < 1.29 is 4.79 Å². The monoisotopic (exact) mass is 237 g/mol. The number of hydrogen-bond donors (Lipinski definition) is 0. The Labute approximate surface area is 101 Å². The minimum absolute atomic E-state index is 0.734. The second-order valence-corrected chi connectivity index (χ2v) is 5.95. The Kier molecular flexibility index (Phi) is 3.74. The lowest BCUT2D eigenvalue weighted by atomic mass is 10.2. The molecule has 2 heterocycles. The van der Waals surface area contributed by atoms with Crippen LogP contribution in [0.2, 0.25) is 0 Å². The second-order valence-electron chi connectivity index (χ2n) is 4.54. The quantitative estimate of drug-likeness (QED) is 0.753. The van der Waals surface area contributed by atoms with Crippen molar-refractivity contribution in [3.63, 3.8) is 0 Å². The number of rotatable bonds is 3. The van der Waals surface area contributed by atoms with Crippen LogP contribution in [0.25, 0.3) is 0 Å². The van der Waals surface area contributed by atoms with Gasteiger partial charge in [-0.15, -0.1) is 0 Å². The Morgan fingerprint density at radius 3 is 2.88 bits per heavy atom. The molecule has 0 radical (unpaired) electrons. The predicted octanol–water partition coefficient (Wildman–Crippen LogP) is 3.20. The molecule has 1 unspecified atom stereocenters. The zero-order valence-electron chi connectivity index (χ0n) is 10.0. The minimum atomic E-state index is 0.734. The van der Waals surface area contributed by atoms with E-state index in [0.29, 0.717) is 0 Å². The highest BCUT2D eigenvalue weighted by Gasteiger charge is 2.17. The Balaban J connectivity index is 2.13. The van der Waals surface area contributed by atoms with E-state index in [1.807, 2.05) is 13.0 Å². The van der Waals surface area contributed by atoms with E-state index in [4.69, 9.17) is 0 Å². The van der Waals surface area contributed by atoms with Gasteiger partial charge in [0.05, 0.1) is 0 Å². The molecule has 3 heteroatoms. The van der Waals surface area contributed by atoms with E-state index in [-0.39, 0.29) is 0 Å². The van der Waals surface area contributed by atoms with Gasteiger partial charge in [0, 0.05) is 28.7 Å². The molecular formula is C13H19NOS. The van der Waals surface area contributed by atoms with Gasteiger partial charge in [0.25, 0.3) is 0 Å². The lowest BCUT2D eigenvalue weighted by molar-refractivity contribution is 0.112. The zero-order chi connectivity index (χ0) is 11.5. The average Bonchev–Trinajstić information content (AvgIpc) is 2.58. The molecule has 88 valence electrons. The molecule has 0 saturated carbocycles. The maximum absolute atomic E-state index is 10.9. The first kappa shape index (κ1) is 11.8. The van der Waals surface area contributed by atoms with Crippen molar-refractivity contribution in [2.24, 2.45) is 0 Å². The van der Waals surface area contributed by atoms with E-state index in [9.17, 15) is 4.79 Å². The molecule has 0 amide bonds. The molecule has 1 aromatic heterocycles. The molecule has 1 fully saturated rings. The molecule has 0 aliphatic carbocycles. The molecule has 1 saturated heterocycles. The summed E-state index contributed by atoms with van der Waals surface area (Å²) in [5.74, 6) is 1.30. The summed E-state index contributed by atoms with van der Waals surface area (Å²) in [6.07, 6.45) is 5.01. The van der Waals surface area contributed by atoms with Gasteiger partial charge in [-0.3, -0.25) is 4.79 Å². The summed E-state index contributed by atoms with van der Waals surface area (Å²) in [5.41, 5.74) is 3.18. The average molecular weight is 237 g/mol. The van der Waals surface area contributed by atoms with Crippen LogP contribution in [0.15, 0.2) is 6.07 Å². The Bertz CT molecular complexity index is 378. The Hall–Kier alpha value is -0.700. The molecule has 16 heavy (non-hydrogen) atoms. The van der Waals surface area contributed by atoms with Gasteiger partial charge in [0.1, 0.15) is 0 Å². The molecule has 1 aliphatic heterocycles. The van der Waals surface area contributed by atoms with Gasteiger partial charge in [-0.1, -0.05) is 6.42 Å². The maximum atomic E-state index is 10.9. The van der Waals surface area contributed by atoms with Crippen LogP contribution in [-0.4, -0.2) is 21.9 Å². The van der Waals surface area contributed by atoms with E-state index in [1.54, 1.807) is 0 Å². The van der Waals surface area contributed by atoms with Crippen molar-refractivity contribution in [1.82, 2.24) is 4.57 Å². The number of aromatic nitrogens is 1. The third-order valence-electron chi connectivity index (χ3n) is 3.40. The molecular weight excluding hydrogens is 218 g/mol. The molecule has 1 aromatic rings. The summed E-state index contributed by atoms with van der Waals surface area (Å²) >= 11 is 2.08. The molecule has 2 nitrogen and oxygen atoms in total. The molecule has 0 N–H and O–H groups in total. The first-order valence-corrected chi connectivity index (χ1v) is 7.00. The summed E-state index contributed by atoms with van der Waals surface area (Å²) in [5, 5.41) is 0.734. The highest BCUT2D eigenvalue weighted by Crippen LogP contribution is 2.27. The molecule has 2 rings (SSSR count). The number of aldehydes is 1. The van der Waals surface area contributed by atoms with Crippen LogP contribution in [0.4, 0.5) is 0 Å². The Morgan fingerprint density at radius 1 is 1.50 bits per heavy atom. The van der Waals surface area contributed by atoms with Crippen LogP contribution in [-0.2, 0) is 6.54 Å². The fourth-order valence-electron chi connectivity index (χ4n) is 2.38. The first-order valence-electron chi connectivity index (χ1n) is 5.96. The van der Waals surface area contributed by atoms with E-state index in [2.05, 4.69) is 23.3 Å². The van der Waals surface area contributed by atoms with Crippen LogP contribution >= 0.6 is 11.8 Å². The van der Waals surface area contributed by atoms with Crippen molar-refractivity contribution in [3.05, 3.63) is 23.0 Å². The number of aryl methyl sites for hydroxylation is 1. The predicted molar refractivity (Wildman–Crippen MR) is 69.4 cm³/mol. The van der Waals surface area contributed by atoms with Crippen molar-refractivity contribution >= 4 is 18.0 Å². The summed E-state index contributed by atoms with van der Waals surface area (Å²) in [6.45, 7) is 5.20. The summed E-state index contributed by atoms with van der Waals surface area (Å²) < 4.78 is 2.30. The van der Waals surface area contributed by atoms with Crippen molar-refractivity contribution in [2.75, 3.05) is 5.75 Å². The highest BCUT2D eigenvalue weighted by atomic mass is 32.2. The molecule has 1 atom stereocenters. The van der Waals surface area contributed by atoms with Gasteiger partial charge in [-0.2, -0.15) is 11.8 Å². The lowest BCUT2D eigenvalue weighted by Crippen LogP contribution is -2.18. The number of carbonyl (C=O) groups is 1. The maximum Gasteiger partial charge on any atom is 0.151 e. The number of carbonyl (C=O) groups excluding carboxylic acids is 1. The van der Waals surface area contributed by atoms with E-state index in [1.165, 1.54) is 30.7 Å². The number of hydrogen-bond acceptors (Lipinski definition) is 2. The van der Waals surface area contributed by atoms with Crippen LogP contribution in [0.3, 0.4) is 0 Å². The second kappa shape index (κ2) is 5.09. The van der Waals surface area contributed by atoms with E-state index in [0.717, 1.165) is 29.3 Å². The van der Waals surface area contributed by atoms with Crippen molar-refractivity contribution in [3.8, 4) is 0 Å². The third kappa shape index (κ3) is 2.34. The molecule has 0 spiro atoms. The summed E-state index contributed by atoms with van der Waals surface area (Å²) in [4.78, 5) is 10.9. The van der Waals surface area contributed by atoms with Crippen LogP contribution < -0.4 is 0 Å². The Morgan fingerprint density at radius 2 is 2.31 bits per heavy atom. The fraction of sp³-hybridized carbons (Fsp3) is 0.615. The van der Waals surface area contributed by atoms with Gasteiger partial charge in [0.2, 0.25) is 0 Å². The van der Waals surface area contributed by atoms with Crippen LogP contribution in [0.1, 0.15) is 41.0 Å². The minimum Gasteiger partial charge on any atom is -0.347 e. The SMILES string of the molecule is Cc1cc(C=O)c(C)n1CC1CCCCS1. The van der Waals surface area contributed by atoms with E-state index < -0.39 is 0 Å².